The molecule has 4 heteroatoms. The summed E-state index contributed by atoms with van der Waals surface area (Å²) in [7, 11) is 0. The molecule has 2 heterocycles. The van der Waals surface area contributed by atoms with Crippen LogP contribution in [0.3, 0.4) is 0 Å². The average molecular weight is 196 g/mol. The van der Waals surface area contributed by atoms with E-state index in [-0.39, 0.29) is 12.1 Å². The number of aliphatic hydroxyl groups is 1. The Bertz CT molecular complexity index is 340. The number of carbonyl (C=O) groups excluding carboxylic acids is 1. The smallest absolute Gasteiger partial charge is 0.306 e. The van der Waals surface area contributed by atoms with Gasteiger partial charge in [-0.05, 0) is 19.1 Å². The largest absolute Gasteiger partial charge is 0.459 e. The second-order valence-electron chi connectivity index (χ2n) is 3.43. The van der Waals surface area contributed by atoms with Crippen LogP contribution in [0.25, 0.3) is 0 Å². The summed E-state index contributed by atoms with van der Waals surface area (Å²) in [5.41, 5.74) is 0. The van der Waals surface area contributed by atoms with E-state index in [1.54, 1.807) is 19.1 Å². The van der Waals surface area contributed by atoms with Crippen LogP contribution >= 0.6 is 0 Å². The Balaban J connectivity index is 2.13. The van der Waals surface area contributed by atoms with Gasteiger partial charge in [0.25, 0.3) is 0 Å². The maximum absolute atomic E-state index is 10.9. The number of esters is 1. The van der Waals surface area contributed by atoms with E-state index in [2.05, 4.69) is 0 Å². The van der Waals surface area contributed by atoms with Crippen LogP contribution in [-0.4, -0.2) is 11.1 Å². The first-order valence-electron chi connectivity index (χ1n) is 4.64. The number of cyclic esters (lactones) is 1. The summed E-state index contributed by atoms with van der Waals surface area (Å²) in [6.45, 7) is 1.63. The lowest BCUT2D eigenvalue weighted by atomic mass is 10.2. The molecule has 1 saturated heterocycles. The van der Waals surface area contributed by atoms with E-state index < -0.39 is 6.10 Å². The normalized spacial score (nSPS) is 23.6. The molecule has 1 fully saturated rings. The quantitative estimate of drug-likeness (QED) is 0.731. The van der Waals surface area contributed by atoms with Gasteiger partial charge < -0.3 is 14.3 Å². The second-order valence-corrected chi connectivity index (χ2v) is 3.43. The summed E-state index contributed by atoms with van der Waals surface area (Å²) in [4.78, 5) is 10.9. The maximum atomic E-state index is 10.9. The van der Waals surface area contributed by atoms with E-state index in [4.69, 9.17) is 9.15 Å². The molecule has 0 amide bonds. The SMILES string of the molecule is C[C@@H](O)c1ccc([C@@H]2CCC(=O)O2)o1. The molecule has 0 radical (unpaired) electrons. The third-order valence-electron chi connectivity index (χ3n) is 2.26. The van der Waals surface area contributed by atoms with E-state index in [0.29, 0.717) is 24.4 Å². The number of rotatable bonds is 2. The molecule has 2 atom stereocenters. The van der Waals surface area contributed by atoms with Crippen molar-refractivity contribution in [1.29, 1.82) is 0 Å². The van der Waals surface area contributed by atoms with Crippen LogP contribution in [0.5, 0.6) is 0 Å². The molecule has 0 aromatic carbocycles. The van der Waals surface area contributed by atoms with E-state index in [9.17, 15) is 9.90 Å². The van der Waals surface area contributed by atoms with Gasteiger partial charge >= 0.3 is 5.97 Å². The van der Waals surface area contributed by atoms with Crippen LogP contribution in [-0.2, 0) is 9.53 Å². The van der Waals surface area contributed by atoms with Gasteiger partial charge in [-0.2, -0.15) is 0 Å². The number of aliphatic hydroxyl groups excluding tert-OH is 1. The molecule has 0 spiro atoms. The van der Waals surface area contributed by atoms with Gasteiger partial charge in [-0.15, -0.1) is 0 Å². The highest BCUT2D eigenvalue weighted by Crippen LogP contribution is 2.31. The molecular formula is C10H12O4. The van der Waals surface area contributed by atoms with Crippen molar-refractivity contribution in [2.75, 3.05) is 0 Å². The Morgan fingerprint density at radius 3 is 2.86 bits per heavy atom. The first-order valence-corrected chi connectivity index (χ1v) is 4.64. The fourth-order valence-electron chi connectivity index (χ4n) is 1.49. The van der Waals surface area contributed by atoms with E-state index in [1.807, 2.05) is 0 Å². The Hall–Kier alpha value is -1.29. The van der Waals surface area contributed by atoms with E-state index >= 15 is 0 Å². The van der Waals surface area contributed by atoms with Crippen molar-refractivity contribution in [2.24, 2.45) is 0 Å². The number of ether oxygens (including phenoxy) is 1. The lowest BCUT2D eigenvalue weighted by molar-refractivity contribution is -0.142. The van der Waals surface area contributed by atoms with Crippen molar-refractivity contribution in [3.05, 3.63) is 23.7 Å². The van der Waals surface area contributed by atoms with Crippen molar-refractivity contribution < 1.29 is 19.1 Å². The molecule has 1 aliphatic rings. The van der Waals surface area contributed by atoms with E-state index in [1.165, 1.54) is 0 Å². The van der Waals surface area contributed by atoms with Crippen molar-refractivity contribution in [2.45, 2.75) is 32.0 Å². The Morgan fingerprint density at radius 1 is 1.57 bits per heavy atom. The lowest BCUT2D eigenvalue weighted by Crippen LogP contribution is -1.96. The highest BCUT2D eigenvalue weighted by Gasteiger charge is 2.27. The first kappa shape index (κ1) is 9.27. The first-order chi connectivity index (χ1) is 6.66. The molecule has 0 unspecified atom stereocenters. The maximum Gasteiger partial charge on any atom is 0.306 e. The predicted octanol–water partition coefficient (Wildman–Crippen LogP) is 1.71. The molecule has 2 rings (SSSR count). The van der Waals surface area contributed by atoms with Gasteiger partial charge in [-0.3, -0.25) is 4.79 Å². The number of furan rings is 1. The van der Waals surface area contributed by atoms with Crippen molar-refractivity contribution in [3.8, 4) is 0 Å². The summed E-state index contributed by atoms with van der Waals surface area (Å²) in [6.07, 6.45) is 0.205. The third kappa shape index (κ3) is 1.65. The van der Waals surface area contributed by atoms with Crippen molar-refractivity contribution in [1.82, 2.24) is 0 Å². The predicted molar refractivity (Wildman–Crippen MR) is 47.4 cm³/mol. The minimum absolute atomic E-state index is 0.190. The molecule has 4 nitrogen and oxygen atoms in total. The molecule has 1 N–H and O–H groups in total. The molecule has 0 bridgehead atoms. The summed E-state index contributed by atoms with van der Waals surface area (Å²) in [5, 5.41) is 9.23. The number of hydrogen-bond donors (Lipinski definition) is 1. The Kier molecular flexibility index (Phi) is 2.29. The number of hydrogen-bond acceptors (Lipinski definition) is 4. The second kappa shape index (κ2) is 3.46. The molecule has 1 aliphatic heterocycles. The highest BCUT2D eigenvalue weighted by molar-refractivity contribution is 5.71. The van der Waals surface area contributed by atoms with Crippen LogP contribution in [0.15, 0.2) is 16.5 Å². The molecule has 0 saturated carbocycles. The molecular weight excluding hydrogens is 184 g/mol. The van der Waals surface area contributed by atoms with Crippen LogP contribution in [0, 0.1) is 0 Å². The lowest BCUT2D eigenvalue weighted by Gasteiger charge is -2.05. The van der Waals surface area contributed by atoms with Crippen LogP contribution < -0.4 is 0 Å². The molecule has 1 aromatic heterocycles. The van der Waals surface area contributed by atoms with Crippen molar-refractivity contribution >= 4 is 5.97 Å². The van der Waals surface area contributed by atoms with Gasteiger partial charge in [0.2, 0.25) is 0 Å². The summed E-state index contributed by atoms with van der Waals surface area (Å²) in [6, 6.07) is 3.44. The Morgan fingerprint density at radius 2 is 2.36 bits per heavy atom. The zero-order chi connectivity index (χ0) is 10.1. The van der Waals surface area contributed by atoms with Gasteiger partial charge in [-0.25, -0.2) is 0 Å². The highest BCUT2D eigenvalue weighted by atomic mass is 16.6. The van der Waals surface area contributed by atoms with Crippen LogP contribution in [0.2, 0.25) is 0 Å². The molecule has 0 aliphatic carbocycles. The Labute approximate surface area is 81.5 Å². The minimum Gasteiger partial charge on any atom is -0.459 e. The van der Waals surface area contributed by atoms with Crippen LogP contribution in [0.1, 0.15) is 43.5 Å². The topological polar surface area (TPSA) is 59.7 Å². The van der Waals surface area contributed by atoms with Gasteiger partial charge in [0, 0.05) is 12.8 Å². The van der Waals surface area contributed by atoms with E-state index in [0.717, 1.165) is 0 Å². The number of carbonyl (C=O) groups is 1. The molecule has 14 heavy (non-hydrogen) atoms. The fourth-order valence-corrected chi connectivity index (χ4v) is 1.49. The van der Waals surface area contributed by atoms with Gasteiger partial charge in [-0.1, -0.05) is 0 Å². The third-order valence-corrected chi connectivity index (χ3v) is 2.26. The summed E-state index contributed by atoms with van der Waals surface area (Å²) >= 11 is 0. The van der Waals surface area contributed by atoms with Gasteiger partial charge in [0.1, 0.15) is 17.6 Å². The molecule has 76 valence electrons. The minimum atomic E-state index is -0.624. The monoisotopic (exact) mass is 196 g/mol. The van der Waals surface area contributed by atoms with Crippen LogP contribution in [0.4, 0.5) is 0 Å². The molecule has 1 aromatic rings. The summed E-state index contributed by atoms with van der Waals surface area (Å²) in [5.74, 6) is 0.930. The zero-order valence-electron chi connectivity index (χ0n) is 7.90. The van der Waals surface area contributed by atoms with Gasteiger partial charge in [0.15, 0.2) is 6.10 Å². The average Bonchev–Trinajstić information content (AvgIpc) is 2.70. The van der Waals surface area contributed by atoms with Crippen molar-refractivity contribution in [3.63, 3.8) is 0 Å². The summed E-state index contributed by atoms with van der Waals surface area (Å²) < 4.78 is 10.4. The standard InChI is InChI=1S/C10H12O4/c1-6(11)7-2-3-8(13-7)9-4-5-10(12)14-9/h2-3,6,9,11H,4-5H2,1H3/t6-,9+/m1/s1. The van der Waals surface area contributed by atoms with Gasteiger partial charge in [0.05, 0.1) is 0 Å². The fraction of sp³-hybridized carbons (Fsp3) is 0.500. The zero-order valence-corrected chi connectivity index (χ0v) is 7.90.